The Morgan fingerprint density at radius 1 is 1.17 bits per heavy atom. The number of thiazole rings is 1. The number of aromatic nitrogens is 3. The van der Waals surface area contributed by atoms with Crippen LogP contribution in [0.5, 0.6) is 0 Å². The zero-order valence-electron chi connectivity index (χ0n) is 11.3. The van der Waals surface area contributed by atoms with Crippen molar-refractivity contribution in [2.75, 3.05) is 10.0 Å². The Labute approximate surface area is 139 Å². The molecule has 2 heterocycles. The maximum absolute atomic E-state index is 12.2. The van der Waals surface area contributed by atoms with Crippen LogP contribution in [0.1, 0.15) is 10.5 Å². The number of nitrogens with zero attached hydrogens (tertiary/aromatic N) is 3. The van der Waals surface area contributed by atoms with Gasteiger partial charge < -0.3 is 5.32 Å². The first-order valence-corrected chi connectivity index (χ1v) is 9.35. The number of carbonyl (C=O) groups excluding carboxylic acids is 1. The molecule has 0 bridgehead atoms. The van der Waals surface area contributed by atoms with Crippen LogP contribution < -0.4 is 10.0 Å². The molecule has 0 saturated heterocycles. The van der Waals surface area contributed by atoms with Gasteiger partial charge in [0.05, 0.1) is 4.90 Å². The normalized spacial score (nSPS) is 11.1. The molecule has 0 aliphatic carbocycles. The van der Waals surface area contributed by atoms with Gasteiger partial charge in [-0.15, -0.1) is 16.4 Å². The summed E-state index contributed by atoms with van der Waals surface area (Å²) in [5.41, 5.74) is 0.660. The molecule has 0 aliphatic heterocycles. The molecular formula is C12H9N5O3S3. The van der Waals surface area contributed by atoms with Crippen LogP contribution in [0, 0.1) is 0 Å². The minimum Gasteiger partial charge on any atom is -0.321 e. The molecule has 0 fully saturated rings. The van der Waals surface area contributed by atoms with Gasteiger partial charge in [0, 0.05) is 22.6 Å². The maximum Gasteiger partial charge on any atom is 0.277 e. The van der Waals surface area contributed by atoms with Crippen molar-refractivity contribution in [1.29, 1.82) is 0 Å². The zero-order chi connectivity index (χ0) is 16.3. The van der Waals surface area contributed by atoms with E-state index in [0.29, 0.717) is 10.8 Å². The number of rotatable bonds is 5. The Bertz CT molecular complexity index is 890. The average molecular weight is 367 g/mol. The van der Waals surface area contributed by atoms with Crippen LogP contribution >= 0.6 is 22.9 Å². The molecule has 3 rings (SSSR count). The van der Waals surface area contributed by atoms with Gasteiger partial charge in [-0.05, 0) is 35.8 Å². The van der Waals surface area contributed by atoms with E-state index in [1.54, 1.807) is 5.38 Å². The van der Waals surface area contributed by atoms with E-state index in [-0.39, 0.29) is 10.6 Å². The molecule has 8 nitrogen and oxygen atoms in total. The van der Waals surface area contributed by atoms with E-state index in [0.717, 1.165) is 11.5 Å². The van der Waals surface area contributed by atoms with Gasteiger partial charge in [0.2, 0.25) is 0 Å². The second-order valence-corrected chi connectivity index (χ2v) is 7.40. The summed E-state index contributed by atoms with van der Waals surface area (Å²) in [6, 6.07) is 5.78. The maximum atomic E-state index is 12.2. The molecule has 11 heteroatoms. The fraction of sp³-hybridized carbons (Fsp3) is 0. The fourth-order valence-electron chi connectivity index (χ4n) is 1.62. The van der Waals surface area contributed by atoms with E-state index < -0.39 is 15.9 Å². The highest BCUT2D eigenvalue weighted by Gasteiger charge is 2.16. The minimum atomic E-state index is -3.71. The lowest BCUT2D eigenvalue weighted by Crippen LogP contribution is -2.14. The summed E-state index contributed by atoms with van der Waals surface area (Å²) in [6.45, 7) is 0. The molecule has 0 spiro atoms. The number of hydrogen-bond donors (Lipinski definition) is 2. The molecule has 0 aliphatic rings. The lowest BCUT2D eigenvalue weighted by molar-refractivity contribution is 0.102. The summed E-state index contributed by atoms with van der Waals surface area (Å²) < 4.78 is 30.3. The smallest absolute Gasteiger partial charge is 0.277 e. The van der Waals surface area contributed by atoms with Gasteiger partial charge in [0.15, 0.2) is 10.8 Å². The number of benzene rings is 1. The van der Waals surface area contributed by atoms with Crippen LogP contribution in [0.4, 0.5) is 10.8 Å². The SMILES string of the molecule is O=C(Nc1ccc(S(=O)(=O)Nc2nccs2)cc1)c1csnn1. The van der Waals surface area contributed by atoms with Gasteiger partial charge in [-0.25, -0.2) is 13.4 Å². The Kier molecular flexibility index (Phi) is 4.32. The van der Waals surface area contributed by atoms with Gasteiger partial charge in [-0.1, -0.05) is 4.49 Å². The number of nitrogens with one attached hydrogen (secondary N) is 2. The molecule has 1 amide bonds. The van der Waals surface area contributed by atoms with E-state index in [4.69, 9.17) is 0 Å². The third kappa shape index (κ3) is 3.70. The number of amides is 1. The largest absolute Gasteiger partial charge is 0.321 e. The van der Waals surface area contributed by atoms with E-state index >= 15 is 0 Å². The Balaban J connectivity index is 1.73. The lowest BCUT2D eigenvalue weighted by atomic mass is 10.3. The number of carbonyl (C=O) groups is 1. The molecule has 0 radical (unpaired) electrons. The molecular weight excluding hydrogens is 358 g/mol. The molecule has 2 aromatic heterocycles. The van der Waals surface area contributed by atoms with Gasteiger partial charge in [0.1, 0.15) is 0 Å². The standard InChI is InChI=1S/C12H9N5O3S3/c18-11(10-7-22-17-15-10)14-8-1-3-9(4-2-8)23(19,20)16-12-13-5-6-21-12/h1-7H,(H,13,16)(H,14,18). The van der Waals surface area contributed by atoms with E-state index in [1.807, 2.05) is 0 Å². The summed E-state index contributed by atoms with van der Waals surface area (Å²) in [5.74, 6) is -0.407. The molecule has 0 atom stereocenters. The highest BCUT2D eigenvalue weighted by molar-refractivity contribution is 7.93. The van der Waals surface area contributed by atoms with Crippen molar-refractivity contribution in [3.8, 4) is 0 Å². The molecule has 118 valence electrons. The van der Waals surface area contributed by atoms with Crippen molar-refractivity contribution in [1.82, 2.24) is 14.6 Å². The highest BCUT2D eigenvalue weighted by Crippen LogP contribution is 2.19. The third-order valence-electron chi connectivity index (χ3n) is 2.67. The molecule has 3 aromatic rings. The first-order chi connectivity index (χ1) is 11.0. The zero-order valence-corrected chi connectivity index (χ0v) is 13.8. The van der Waals surface area contributed by atoms with Crippen molar-refractivity contribution < 1.29 is 13.2 Å². The van der Waals surface area contributed by atoms with Gasteiger partial charge in [0.25, 0.3) is 15.9 Å². The predicted octanol–water partition coefficient (Wildman–Crippen LogP) is 2.05. The van der Waals surface area contributed by atoms with Crippen molar-refractivity contribution >= 4 is 49.6 Å². The van der Waals surface area contributed by atoms with Gasteiger partial charge in [-0.2, -0.15) is 0 Å². The number of anilines is 2. The Morgan fingerprint density at radius 3 is 2.57 bits per heavy atom. The quantitative estimate of drug-likeness (QED) is 0.713. The summed E-state index contributed by atoms with van der Waals surface area (Å²) in [6.07, 6.45) is 1.51. The van der Waals surface area contributed by atoms with Crippen LogP contribution in [-0.2, 0) is 10.0 Å². The van der Waals surface area contributed by atoms with E-state index in [9.17, 15) is 13.2 Å². The second kappa shape index (κ2) is 6.40. The van der Waals surface area contributed by atoms with E-state index in [1.165, 1.54) is 47.2 Å². The average Bonchev–Trinajstić information content (AvgIpc) is 3.20. The van der Waals surface area contributed by atoms with Crippen molar-refractivity contribution in [3.63, 3.8) is 0 Å². The number of sulfonamides is 1. The summed E-state index contributed by atoms with van der Waals surface area (Å²) >= 11 is 2.26. The Morgan fingerprint density at radius 2 is 1.96 bits per heavy atom. The van der Waals surface area contributed by atoms with Crippen LogP contribution in [0.15, 0.2) is 46.1 Å². The van der Waals surface area contributed by atoms with Crippen molar-refractivity contribution in [2.24, 2.45) is 0 Å². The Hall–Kier alpha value is -2.37. The topological polar surface area (TPSA) is 114 Å². The highest BCUT2D eigenvalue weighted by atomic mass is 32.2. The molecule has 1 aromatic carbocycles. The van der Waals surface area contributed by atoms with Crippen LogP contribution in [0.2, 0.25) is 0 Å². The second-order valence-electron chi connectivity index (χ2n) is 4.21. The van der Waals surface area contributed by atoms with Crippen LogP contribution in [-0.4, -0.2) is 28.9 Å². The lowest BCUT2D eigenvalue weighted by Gasteiger charge is -2.07. The molecule has 2 N–H and O–H groups in total. The molecule has 0 saturated carbocycles. The first kappa shape index (κ1) is 15.5. The summed E-state index contributed by atoms with van der Waals surface area (Å²) in [4.78, 5) is 15.8. The van der Waals surface area contributed by atoms with Gasteiger partial charge in [-0.3, -0.25) is 9.52 Å². The van der Waals surface area contributed by atoms with Crippen LogP contribution in [0.25, 0.3) is 0 Å². The first-order valence-electron chi connectivity index (χ1n) is 6.15. The minimum absolute atomic E-state index is 0.0704. The van der Waals surface area contributed by atoms with Crippen molar-refractivity contribution in [2.45, 2.75) is 4.90 Å². The summed E-state index contributed by atoms with van der Waals surface area (Å²) in [7, 11) is -3.71. The monoisotopic (exact) mass is 367 g/mol. The van der Waals surface area contributed by atoms with Gasteiger partial charge >= 0.3 is 0 Å². The van der Waals surface area contributed by atoms with Crippen LogP contribution in [0.3, 0.4) is 0 Å². The van der Waals surface area contributed by atoms with E-state index in [2.05, 4.69) is 24.6 Å². The summed E-state index contributed by atoms with van der Waals surface area (Å²) in [5, 5.41) is 9.74. The van der Waals surface area contributed by atoms with Crippen molar-refractivity contribution in [3.05, 3.63) is 46.9 Å². The predicted molar refractivity (Wildman–Crippen MR) is 87.2 cm³/mol. The number of hydrogen-bond acceptors (Lipinski definition) is 8. The molecule has 23 heavy (non-hydrogen) atoms. The third-order valence-corrected chi connectivity index (χ3v) is 5.35. The molecule has 0 unspecified atom stereocenters. The fourth-order valence-corrected chi connectivity index (χ4v) is 3.85.